The van der Waals surface area contributed by atoms with Crippen molar-refractivity contribution in [2.24, 2.45) is 5.16 Å². The van der Waals surface area contributed by atoms with Crippen molar-refractivity contribution in [3.8, 4) is 0 Å². The zero-order valence-electron chi connectivity index (χ0n) is 18.7. The van der Waals surface area contributed by atoms with Crippen molar-refractivity contribution >= 4 is 29.2 Å². The Morgan fingerprint density at radius 2 is 1.89 bits per heavy atom. The molecule has 0 aliphatic carbocycles. The second-order valence-corrected chi connectivity index (χ2v) is 8.13. The molecule has 1 atom stereocenters. The number of oxime groups is 1. The molecule has 2 N–H and O–H groups in total. The number of carbonyl (C=O) groups is 3. The van der Waals surface area contributed by atoms with Gasteiger partial charge >= 0.3 is 12.1 Å². The van der Waals surface area contributed by atoms with Gasteiger partial charge in [-0.05, 0) is 43.5 Å². The molecule has 1 aromatic carbocycles. The van der Waals surface area contributed by atoms with Gasteiger partial charge in [0.2, 0.25) is 0 Å². The fourth-order valence-electron chi connectivity index (χ4n) is 3.76. The van der Waals surface area contributed by atoms with Crippen molar-refractivity contribution in [2.45, 2.75) is 38.0 Å². The predicted molar refractivity (Wildman–Crippen MR) is 119 cm³/mol. The number of hydrogen-bond donors (Lipinski definition) is 2. The van der Waals surface area contributed by atoms with E-state index in [-0.39, 0.29) is 11.8 Å². The van der Waals surface area contributed by atoms with E-state index in [0.717, 1.165) is 18.4 Å². The van der Waals surface area contributed by atoms with Gasteiger partial charge in [-0.1, -0.05) is 23.4 Å². The third kappa shape index (κ3) is 6.55. The summed E-state index contributed by atoms with van der Waals surface area (Å²) in [6.45, 7) is 3.03. The topological polar surface area (TPSA) is 121 Å². The summed E-state index contributed by atoms with van der Waals surface area (Å²) >= 11 is 0. The van der Waals surface area contributed by atoms with Crippen LogP contribution in [0.2, 0.25) is 0 Å². The molecule has 1 aromatic heterocycles. The Morgan fingerprint density at radius 3 is 2.51 bits per heavy atom. The first-order chi connectivity index (χ1) is 16.5. The molecule has 3 heterocycles. The first-order valence-electron chi connectivity index (χ1n) is 10.6. The van der Waals surface area contributed by atoms with Gasteiger partial charge in [-0.25, -0.2) is 4.79 Å². The number of nitrogens with one attached hydrogen (secondary N) is 1. The van der Waals surface area contributed by atoms with Crippen LogP contribution in [-0.4, -0.2) is 63.4 Å². The number of carboxylic acids is 1. The Bertz CT molecular complexity index is 1120. The third-order valence-electron chi connectivity index (χ3n) is 5.47. The summed E-state index contributed by atoms with van der Waals surface area (Å²) in [5, 5.41) is 13.9. The van der Waals surface area contributed by atoms with E-state index in [1.807, 2.05) is 36.1 Å². The van der Waals surface area contributed by atoms with Gasteiger partial charge < -0.3 is 20.2 Å². The number of aromatic nitrogens is 1. The van der Waals surface area contributed by atoms with E-state index < -0.39 is 17.7 Å². The summed E-state index contributed by atoms with van der Waals surface area (Å²) in [6, 6.07) is 11.1. The molecule has 2 amide bonds. The zero-order valence-corrected chi connectivity index (χ0v) is 18.7. The molecule has 2 aliphatic heterocycles. The smallest absolute Gasteiger partial charge is 0.475 e. The second kappa shape index (κ2) is 10.5. The lowest BCUT2D eigenvalue weighted by molar-refractivity contribution is -0.192. The number of benzene rings is 1. The number of alkyl halides is 3. The molecule has 2 aliphatic rings. The molecule has 2 aromatic rings. The Balaban J connectivity index is 0.000000429. The van der Waals surface area contributed by atoms with Gasteiger partial charge in [-0.2, -0.15) is 13.2 Å². The van der Waals surface area contributed by atoms with Gasteiger partial charge in [-0.15, -0.1) is 0 Å². The van der Waals surface area contributed by atoms with Gasteiger partial charge in [0, 0.05) is 24.7 Å². The number of carboxylic acid groups (broad SMARTS) is 1. The van der Waals surface area contributed by atoms with Crippen molar-refractivity contribution in [3.05, 3.63) is 59.9 Å². The molecule has 35 heavy (non-hydrogen) atoms. The van der Waals surface area contributed by atoms with E-state index >= 15 is 0 Å². The van der Waals surface area contributed by atoms with Crippen LogP contribution in [0.1, 0.15) is 35.2 Å². The van der Waals surface area contributed by atoms with Crippen LogP contribution < -0.4 is 5.32 Å². The molecule has 0 radical (unpaired) electrons. The maximum absolute atomic E-state index is 13.0. The van der Waals surface area contributed by atoms with Crippen LogP contribution in [0.5, 0.6) is 0 Å². The number of amides is 2. The van der Waals surface area contributed by atoms with E-state index in [4.69, 9.17) is 14.7 Å². The Hall–Kier alpha value is -3.96. The van der Waals surface area contributed by atoms with Crippen molar-refractivity contribution < 1.29 is 37.5 Å². The molecule has 0 saturated carbocycles. The molecule has 1 saturated heterocycles. The molecule has 1 spiro atoms. The Labute approximate surface area is 198 Å². The molecule has 12 heteroatoms. The van der Waals surface area contributed by atoms with Crippen LogP contribution in [0.4, 0.5) is 18.9 Å². The summed E-state index contributed by atoms with van der Waals surface area (Å²) in [5.74, 6) is -3.06. The summed E-state index contributed by atoms with van der Waals surface area (Å²) in [6.07, 6.45) is 0.0924. The largest absolute Gasteiger partial charge is 0.490 e. The number of hydrogen-bond acceptors (Lipinski definition) is 6. The number of aryl methyl sites for hydroxylation is 1. The summed E-state index contributed by atoms with van der Waals surface area (Å²) < 4.78 is 31.7. The summed E-state index contributed by atoms with van der Waals surface area (Å²) in [7, 11) is 0. The summed E-state index contributed by atoms with van der Waals surface area (Å²) in [5.41, 5.74) is 1.98. The van der Waals surface area contributed by atoms with E-state index in [9.17, 15) is 22.8 Å². The maximum Gasteiger partial charge on any atom is 0.490 e. The van der Waals surface area contributed by atoms with Crippen molar-refractivity contribution in [1.82, 2.24) is 9.88 Å². The standard InChI is InChI=1S/C21H22N4O3.C2HF3O2/c1-15-6-2-3-8-17(15)20(27)25-11-5-9-21(14-25)12-18(24-28-21)19(26)23-16-7-4-10-22-13-16;3-2(4,5)1(6)7/h2-4,6-8,10,13H,5,9,11-12,14H2,1H3,(H,23,26);(H,6,7). The molecular weight excluding hydrogens is 469 g/mol. The first-order valence-corrected chi connectivity index (χ1v) is 10.6. The summed E-state index contributed by atoms with van der Waals surface area (Å²) in [4.78, 5) is 45.9. The predicted octanol–water partition coefficient (Wildman–Crippen LogP) is 3.41. The number of halogens is 3. The van der Waals surface area contributed by atoms with Crippen molar-refractivity contribution in [2.75, 3.05) is 18.4 Å². The Kier molecular flexibility index (Phi) is 7.72. The van der Waals surface area contributed by atoms with Crippen molar-refractivity contribution in [1.29, 1.82) is 0 Å². The third-order valence-corrected chi connectivity index (χ3v) is 5.47. The second-order valence-electron chi connectivity index (χ2n) is 8.13. The average Bonchev–Trinajstić information content (AvgIpc) is 3.22. The van der Waals surface area contributed by atoms with Crippen LogP contribution in [0.25, 0.3) is 0 Å². The van der Waals surface area contributed by atoms with Gasteiger partial charge in [0.15, 0.2) is 5.60 Å². The Morgan fingerprint density at radius 1 is 1.17 bits per heavy atom. The van der Waals surface area contributed by atoms with Crippen LogP contribution in [0, 0.1) is 6.92 Å². The van der Waals surface area contributed by atoms with E-state index in [0.29, 0.717) is 36.5 Å². The number of pyridine rings is 1. The average molecular weight is 492 g/mol. The fourth-order valence-corrected chi connectivity index (χ4v) is 3.76. The number of carbonyl (C=O) groups excluding carboxylic acids is 2. The van der Waals surface area contributed by atoms with Crippen LogP contribution >= 0.6 is 0 Å². The maximum atomic E-state index is 13.0. The number of rotatable bonds is 3. The van der Waals surface area contributed by atoms with E-state index in [2.05, 4.69) is 15.5 Å². The highest BCUT2D eigenvalue weighted by atomic mass is 19.4. The highest BCUT2D eigenvalue weighted by Gasteiger charge is 2.45. The molecule has 186 valence electrons. The quantitative estimate of drug-likeness (QED) is 0.678. The fraction of sp³-hybridized carbons (Fsp3) is 0.348. The van der Waals surface area contributed by atoms with E-state index in [1.165, 1.54) is 0 Å². The monoisotopic (exact) mass is 492 g/mol. The lowest BCUT2D eigenvalue weighted by atomic mass is 9.87. The molecule has 1 fully saturated rings. The van der Waals surface area contributed by atoms with Crippen LogP contribution in [-0.2, 0) is 14.4 Å². The minimum absolute atomic E-state index is 0.00552. The number of piperidine rings is 1. The first kappa shape index (κ1) is 25.7. The minimum Gasteiger partial charge on any atom is -0.475 e. The lowest BCUT2D eigenvalue weighted by Crippen LogP contribution is -2.51. The van der Waals surface area contributed by atoms with E-state index in [1.54, 1.807) is 24.5 Å². The molecule has 9 nitrogen and oxygen atoms in total. The SMILES string of the molecule is Cc1ccccc1C(=O)N1CCCC2(CC(C(=O)Nc3cccnc3)=NO2)C1.O=C(O)C(F)(F)F. The normalized spacial score (nSPS) is 19.2. The molecule has 1 unspecified atom stereocenters. The zero-order chi connectivity index (χ0) is 25.6. The van der Waals surface area contributed by atoms with Gasteiger partial charge in [-0.3, -0.25) is 14.6 Å². The highest BCUT2D eigenvalue weighted by Crippen LogP contribution is 2.34. The van der Waals surface area contributed by atoms with Crippen LogP contribution in [0.15, 0.2) is 53.9 Å². The van der Waals surface area contributed by atoms with Gasteiger partial charge in [0.05, 0.1) is 18.4 Å². The number of nitrogens with zero attached hydrogens (tertiary/aromatic N) is 3. The number of aliphatic carboxylic acids is 1. The van der Waals surface area contributed by atoms with Crippen LogP contribution in [0.3, 0.4) is 0 Å². The van der Waals surface area contributed by atoms with Crippen molar-refractivity contribution in [3.63, 3.8) is 0 Å². The highest BCUT2D eigenvalue weighted by molar-refractivity contribution is 6.43. The van der Waals surface area contributed by atoms with Gasteiger partial charge in [0.25, 0.3) is 11.8 Å². The minimum atomic E-state index is -5.08. The van der Waals surface area contributed by atoms with Gasteiger partial charge in [0.1, 0.15) is 5.71 Å². The molecule has 0 bridgehead atoms. The molecular formula is C23H23F3N4O5. The lowest BCUT2D eigenvalue weighted by Gasteiger charge is -2.38. The number of likely N-dealkylation sites (tertiary alicyclic amines) is 1. The molecule has 4 rings (SSSR count). The number of anilines is 1.